The fourth-order valence-electron chi connectivity index (χ4n) is 4.87. The molecule has 0 spiro atoms. The quantitative estimate of drug-likeness (QED) is 0.244. The van der Waals surface area contributed by atoms with Crippen LogP contribution in [0.3, 0.4) is 0 Å². The maximum absolute atomic E-state index is 12.7. The minimum atomic E-state index is -1.28. The SMILES string of the molecule is C[C@H](OCc1ccccc1)[C@@H](NC(=O)c1cnc(CNC(=O)OCC2c3ccccc3-c3ccccc32)nc1)C(=O)O. The van der Waals surface area contributed by atoms with Crippen LogP contribution in [0.1, 0.15) is 45.7 Å². The van der Waals surface area contributed by atoms with Gasteiger partial charge in [0.2, 0.25) is 0 Å². The number of carbonyl (C=O) groups excluding carboxylic acids is 2. The van der Waals surface area contributed by atoms with Crippen LogP contribution in [-0.2, 0) is 27.4 Å². The number of carboxylic acids is 1. The van der Waals surface area contributed by atoms with Gasteiger partial charge in [0.1, 0.15) is 12.4 Å². The Morgan fingerprint density at radius 3 is 2.10 bits per heavy atom. The van der Waals surface area contributed by atoms with Crippen molar-refractivity contribution < 1.29 is 29.0 Å². The molecule has 0 unspecified atom stereocenters. The van der Waals surface area contributed by atoms with E-state index in [2.05, 4.69) is 32.7 Å². The lowest BCUT2D eigenvalue weighted by Crippen LogP contribution is -2.48. The molecule has 214 valence electrons. The molecule has 10 heteroatoms. The van der Waals surface area contributed by atoms with E-state index in [9.17, 15) is 19.5 Å². The fraction of sp³-hybridized carbons (Fsp3) is 0.219. The molecule has 0 fully saturated rings. The molecule has 42 heavy (non-hydrogen) atoms. The molecule has 1 aromatic heterocycles. The summed E-state index contributed by atoms with van der Waals surface area (Å²) in [4.78, 5) is 45.2. The van der Waals surface area contributed by atoms with Crippen LogP contribution in [0.5, 0.6) is 0 Å². The number of aliphatic carboxylic acids is 1. The fourth-order valence-corrected chi connectivity index (χ4v) is 4.87. The van der Waals surface area contributed by atoms with E-state index in [4.69, 9.17) is 9.47 Å². The lowest BCUT2D eigenvalue weighted by atomic mass is 9.98. The number of hydrogen-bond donors (Lipinski definition) is 3. The molecule has 10 nitrogen and oxygen atoms in total. The first kappa shape index (κ1) is 28.4. The molecule has 0 saturated carbocycles. The zero-order valence-electron chi connectivity index (χ0n) is 22.9. The van der Waals surface area contributed by atoms with Gasteiger partial charge in [0.15, 0.2) is 6.04 Å². The van der Waals surface area contributed by atoms with Crippen LogP contribution in [-0.4, -0.2) is 51.8 Å². The Kier molecular flexibility index (Phi) is 8.84. The Balaban J connectivity index is 1.11. The summed E-state index contributed by atoms with van der Waals surface area (Å²) in [6, 6.07) is 24.2. The topological polar surface area (TPSA) is 140 Å². The number of ether oxygens (including phenoxy) is 2. The number of rotatable bonds is 11. The van der Waals surface area contributed by atoms with Crippen LogP contribution in [0.15, 0.2) is 91.3 Å². The second-order valence-electron chi connectivity index (χ2n) is 9.86. The number of nitrogens with zero attached hydrogens (tertiary/aromatic N) is 2. The minimum Gasteiger partial charge on any atom is -0.480 e. The second-order valence-corrected chi connectivity index (χ2v) is 9.86. The molecule has 0 radical (unpaired) electrons. The van der Waals surface area contributed by atoms with Crippen LogP contribution in [0, 0.1) is 0 Å². The Morgan fingerprint density at radius 2 is 1.48 bits per heavy atom. The Labute approximate surface area is 242 Å². The van der Waals surface area contributed by atoms with Gasteiger partial charge in [-0.1, -0.05) is 78.9 Å². The standard InChI is InChI=1S/C32H30N4O6/c1-20(41-18-21-9-3-2-4-10-21)29(31(38)39)36-30(37)22-15-33-28(34-16-22)17-35-32(40)42-19-27-25-13-7-5-11-23(25)24-12-6-8-14-26(24)27/h2-16,20,27,29H,17-19H2,1H3,(H,35,40)(H,36,37)(H,38,39)/t20-,29+/m0/s1. The Morgan fingerprint density at radius 1 is 0.881 bits per heavy atom. The smallest absolute Gasteiger partial charge is 0.407 e. The third-order valence-electron chi connectivity index (χ3n) is 7.08. The first-order valence-electron chi connectivity index (χ1n) is 13.5. The number of alkyl carbamates (subject to hydrolysis) is 1. The second kappa shape index (κ2) is 13.0. The summed E-state index contributed by atoms with van der Waals surface area (Å²) < 4.78 is 11.2. The monoisotopic (exact) mass is 566 g/mol. The molecular weight excluding hydrogens is 536 g/mol. The molecule has 1 aliphatic rings. The van der Waals surface area contributed by atoms with E-state index in [0.717, 1.165) is 27.8 Å². The molecule has 4 aromatic rings. The molecule has 0 saturated heterocycles. The van der Waals surface area contributed by atoms with Crippen LogP contribution >= 0.6 is 0 Å². The van der Waals surface area contributed by atoms with Crippen LogP contribution in [0.2, 0.25) is 0 Å². The zero-order valence-corrected chi connectivity index (χ0v) is 22.9. The maximum Gasteiger partial charge on any atom is 0.407 e. The van der Waals surface area contributed by atoms with Gasteiger partial charge in [-0.3, -0.25) is 4.79 Å². The molecule has 2 atom stereocenters. The van der Waals surface area contributed by atoms with Crippen molar-refractivity contribution in [3.63, 3.8) is 0 Å². The van der Waals surface area contributed by atoms with E-state index in [-0.39, 0.29) is 37.1 Å². The first-order chi connectivity index (χ1) is 20.4. The van der Waals surface area contributed by atoms with Crippen molar-refractivity contribution in [3.05, 3.63) is 119 Å². The van der Waals surface area contributed by atoms with Gasteiger partial charge in [-0.05, 0) is 34.7 Å². The molecule has 1 aliphatic carbocycles. The summed E-state index contributed by atoms with van der Waals surface area (Å²) in [6.07, 6.45) is 1.13. The predicted octanol–water partition coefficient (Wildman–Crippen LogP) is 4.30. The molecule has 0 aliphatic heterocycles. The van der Waals surface area contributed by atoms with Gasteiger partial charge in [0.05, 0.1) is 24.8 Å². The number of benzene rings is 3. The zero-order chi connectivity index (χ0) is 29.5. The number of aromatic nitrogens is 2. The van der Waals surface area contributed by atoms with E-state index in [1.165, 1.54) is 12.4 Å². The first-order valence-corrected chi connectivity index (χ1v) is 13.5. The summed E-state index contributed by atoms with van der Waals surface area (Å²) in [6.45, 7) is 1.95. The lowest BCUT2D eigenvalue weighted by molar-refractivity contribution is -0.143. The Hall–Kier alpha value is -5.09. The number of nitrogens with one attached hydrogen (secondary N) is 2. The molecular formula is C32H30N4O6. The highest BCUT2D eigenvalue weighted by Crippen LogP contribution is 2.44. The highest BCUT2D eigenvalue weighted by atomic mass is 16.5. The molecule has 3 aromatic carbocycles. The average Bonchev–Trinajstić information content (AvgIpc) is 3.34. The van der Waals surface area contributed by atoms with Gasteiger partial charge in [0, 0.05) is 18.3 Å². The van der Waals surface area contributed by atoms with Crippen LogP contribution in [0.25, 0.3) is 11.1 Å². The summed E-state index contributed by atoms with van der Waals surface area (Å²) in [5.41, 5.74) is 5.47. The predicted molar refractivity (Wildman–Crippen MR) is 154 cm³/mol. The molecule has 3 N–H and O–H groups in total. The average molecular weight is 567 g/mol. The highest BCUT2D eigenvalue weighted by Gasteiger charge is 2.30. The van der Waals surface area contributed by atoms with Gasteiger partial charge in [-0.25, -0.2) is 19.6 Å². The number of amides is 2. The highest BCUT2D eigenvalue weighted by molar-refractivity contribution is 5.96. The van der Waals surface area contributed by atoms with Gasteiger partial charge >= 0.3 is 12.1 Å². The van der Waals surface area contributed by atoms with Crippen molar-refractivity contribution in [1.82, 2.24) is 20.6 Å². The number of carbonyl (C=O) groups is 3. The molecule has 0 bridgehead atoms. The Bertz CT molecular complexity index is 1520. The summed E-state index contributed by atoms with van der Waals surface area (Å²) in [5, 5.41) is 14.7. The molecule has 5 rings (SSSR count). The normalized spacial score (nSPS) is 13.4. The molecule has 2 amide bonds. The van der Waals surface area contributed by atoms with Crippen molar-refractivity contribution in [2.75, 3.05) is 6.61 Å². The third-order valence-corrected chi connectivity index (χ3v) is 7.08. The van der Waals surface area contributed by atoms with Crippen molar-refractivity contribution in [2.45, 2.75) is 38.1 Å². The summed E-state index contributed by atoms with van der Waals surface area (Å²) in [5.74, 6) is -1.69. The van der Waals surface area contributed by atoms with E-state index >= 15 is 0 Å². The van der Waals surface area contributed by atoms with Crippen molar-refractivity contribution in [1.29, 1.82) is 0 Å². The van der Waals surface area contributed by atoms with Crippen molar-refractivity contribution >= 4 is 18.0 Å². The summed E-state index contributed by atoms with van der Waals surface area (Å²) >= 11 is 0. The lowest BCUT2D eigenvalue weighted by Gasteiger charge is -2.22. The van der Waals surface area contributed by atoms with E-state index in [0.29, 0.717) is 0 Å². The van der Waals surface area contributed by atoms with E-state index in [1.807, 2.05) is 66.7 Å². The van der Waals surface area contributed by atoms with Crippen LogP contribution in [0.4, 0.5) is 4.79 Å². The van der Waals surface area contributed by atoms with Crippen molar-refractivity contribution in [3.8, 4) is 11.1 Å². The summed E-state index contributed by atoms with van der Waals surface area (Å²) in [7, 11) is 0. The van der Waals surface area contributed by atoms with Gasteiger partial charge < -0.3 is 25.2 Å². The minimum absolute atomic E-state index is 0.0132. The third kappa shape index (κ3) is 6.61. The number of hydrogen-bond acceptors (Lipinski definition) is 7. The van der Waals surface area contributed by atoms with E-state index in [1.54, 1.807) is 6.92 Å². The van der Waals surface area contributed by atoms with Crippen molar-refractivity contribution in [2.24, 2.45) is 0 Å². The van der Waals surface area contributed by atoms with E-state index < -0.39 is 30.1 Å². The van der Waals surface area contributed by atoms with Gasteiger partial charge in [-0.15, -0.1) is 0 Å². The number of carboxylic acid groups (broad SMARTS) is 1. The number of fused-ring (bicyclic) bond motifs is 3. The maximum atomic E-state index is 12.7. The van der Waals surface area contributed by atoms with Gasteiger partial charge in [-0.2, -0.15) is 0 Å². The molecule has 1 heterocycles. The van der Waals surface area contributed by atoms with Gasteiger partial charge in [0.25, 0.3) is 5.91 Å². The largest absolute Gasteiger partial charge is 0.480 e. The van der Waals surface area contributed by atoms with Crippen LogP contribution < -0.4 is 10.6 Å².